The summed E-state index contributed by atoms with van der Waals surface area (Å²) in [5.74, 6) is 0.911. The van der Waals surface area contributed by atoms with Crippen molar-refractivity contribution < 1.29 is 4.74 Å². The second-order valence-corrected chi connectivity index (χ2v) is 5.46. The number of nitrogens with one attached hydrogen (secondary N) is 1. The van der Waals surface area contributed by atoms with Crippen LogP contribution in [-0.2, 0) is 0 Å². The van der Waals surface area contributed by atoms with E-state index in [9.17, 15) is 0 Å². The molecule has 0 saturated heterocycles. The highest BCUT2D eigenvalue weighted by Gasteiger charge is 2.05. The first-order valence-electron chi connectivity index (χ1n) is 7.25. The first-order valence-corrected chi connectivity index (χ1v) is 7.63. The second kappa shape index (κ2) is 7.51. The van der Waals surface area contributed by atoms with Gasteiger partial charge in [-0.05, 0) is 38.4 Å². The van der Waals surface area contributed by atoms with E-state index in [-0.39, 0.29) is 0 Å². The number of rotatable bonds is 7. The van der Waals surface area contributed by atoms with Crippen LogP contribution in [0.15, 0.2) is 36.4 Å². The van der Waals surface area contributed by atoms with Crippen molar-refractivity contribution in [2.75, 3.05) is 13.2 Å². The lowest BCUT2D eigenvalue weighted by Crippen LogP contribution is -2.27. The van der Waals surface area contributed by atoms with Gasteiger partial charge in [-0.25, -0.2) is 0 Å². The van der Waals surface area contributed by atoms with E-state index in [1.807, 2.05) is 36.4 Å². The van der Waals surface area contributed by atoms with E-state index in [2.05, 4.69) is 19.2 Å². The molecule has 2 rings (SSSR count). The molecule has 0 aliphatic heterocycles. The molecule has 1 N–H and O–H groups in total. The van der Waals surface area contributed by atoms with Gasteiger partial charge in [-0.2, -0.15) is 0 Å². The van der Waals surface area contributed by atoms with Gasteiger partial charge in [-0.1, -0.05) is 42.8 Å². The molecule has 0 aromatic heterocycles. The smallest absolute Gasteiger partial charge is 0.127 e. The molecule has 0 heterocycles. The fourth-order valence-electron chi connectivity index (χ4n) is 2.11. The van der Waals surface area contributed by atoms with Crippen molar-refractivity contribution in [3.8, 4) is 5.75 Å². The van der Waals surface area contributed by atoms with Crippen LogP contribution in [-0.4, -0.2) is 19.2 Å². The van der Waals surface area contributed by atoms with Crippen molar-refractivity contribution >= 4 is 22.4 Å². The molecular weight excluding hydrogens is 270 g/mol. The van der Waals surface area contributed by atoms with E-state index in [0.29, 0.717) is 6.04 Å². The van der Waals surface area contributed by atoms with Crippen LogP contribution in [0.2, 0.25) is 5.02 Å². The van der Waals surface area contributed by atoms with Gasteiger partial charge in [0, 0.05) is 21.8 Å². The predicted octanol–water partition coefficient (Wildman–Crippen LogP) is 4.65. The van der Waals surface area contributed by atoms with Crippen LogP contribution in [0, 0.1) is 0 Å². The van der Waals surface area contributed by atoms with Crippen LogP contribution < -0.4 is 10.1 Å². The fourth-order valence-corrected chi connectivity index (χ4v) is 2.34. The Hall–Kier alpha value is -1.25. The maximum atomic E-state index is 6.20. The van der Waals surface area contributed by atoms with E-state index < -0.39 is 0 Å². The van der Waals surface area contributed by atoms with Crippen molar-refractivity contribution in [2.45, 2.75) is 32.7 Å². The number of halogens is 1. The number of hydrogen-bond acceptors (Lipinski definition) is 2. The first-order chi connectivity index (χ1) is 9.72. The van der Waals surface area contributed by atoms with E-state index in [1.54, 1.807) is 0 Å². The molecule has 1 atom stereocenters. The number of benzene rings is 2. The maximum Gasteiger partial charge on any atom is 0.127 e. The van der Waals surface area contributed by atoms with Crippen LogP contribution in [0.3, 0.4) is 0 Å². The molecule has 0 unspecified atom stereocenters. The molecule has 0 aliphatic carbocycles. The van der Waals surface area contributed by atoms with Gasteiger partial charge in [0.2, 0.25) is 0 Å². The molecule has 0 fully saturated rings. The van der Waals surface area contributed by atoms with E-state index in [1.165, 1.54) is 0 Å². The quantitative estimate of drug-likeness (QED) is 0.750. The van der Waals surface area contributed by atoms with Gasteiger partial charge in [0.25, 0.3) is 0 Å². The average Bonchev–Trinajstić information content (AvgIpc) is 2.49. The summed E-state index contributed by atoms with van der Waals surface area (Å²) in [5, 5.41) is 6.36. The second-order valence-electron chi connectivity index (χ2n) is 5.06. The molecule has 108 valence electrons. The minimum Gasteiger partial charge on any atom is -0.493 e. The van der Waals surface area contributed by atoms with Gasteiger partial charge >= 0.3 is 0 Å². The Labute approximate surface area is 126 Å². The van der Waals surface area contributed by atoms with Gasteiger partial charge in [0.15, 0.2) is 0 Å². The number of fused-ring (bicyclic) bond motifs is 1. The van der Waals surface area contributed by atoms with Gasteiger partial charge in [-0.3, -0.25) is 0 Å². The highest BCUT2D eigenvalue weighted by atomic mass is 35.5. The van der Waals surface area contributed by atoms with Crippen molar-refractivity contribution in [1.82, 2.24) is 5.32 Å². The zero-order chi connectivity index (χ0) is 14.4. The van der Waals surface area contributed by atoms with Crippen LogP contribution in [0.25, 0.3) is 10.8 Å². The Kier molecular flexibility index (Phi) is 5.69. The zero-order valence-electron chi connectivity index (χ0n) is 12.2. The lowest BCUT2D eigenvalue weighted by atomic mass is 10.1. The first kappa shape index (κ1) is 15.1. The number of ether oxygens (including phenoxy) is 1. The van der Waals surface area contributed by atoms with E-state index in [0.717, 1.165) is 47.5 Å². The highest BCUT2D eigenvalue weighted by molar-refractivity contribution is 6.35. The standard InChI is InChI=1S/C17H22ClNO/c1-3-13(2)19-11-6-12-20-17-10-9-16(18)14-7-4-5-8-15(14)17/h4-5,7-10,13,19H,3,6,11-12H2,1-2H3/t13-/m0/s1. The normalized spacial score (nSPS) is 12.6. The third kappa shape index (κ3) is 3.87. The van der Waals surface area contributed by atoms with Crippen LogP contribution in [0.5, 0.6) is 5.75 Å². The summed E-state index contributed by atoms with van der Waals surface area (Å²) in [5.41, 5.74) is 0. The monoisotopic (exact) mass is 291 g/mol. The Balaban J connectivity index is 1.92. The molecule has 0 bridgehead atoms. The summed E-state index contributed by atoms with van der Waals surface area (Å²) < 4.78 is 5.89. The van der Waals surface area contributed by atoms with Crippen molar-refractivity contribution in [3.63, 3.8) is 0 Å². The molecule has 2 aromatic rings. The van der Waals surface area contributed by atoms with Crippen LogP contribution in [0.1, 0.15) is 26.7 Å². The lowest BCUT2D eigenvalue weighted by Gasteiger charge is -2.13. The van der Waals surface area contributed by atoms with Gasteiger partial charge < -0.3 is 10.1 Å². The Morgan fingerprint density at radius 1 is 1.15 bits per heavy atom. The summed E-state index contributed by atoms with van der Waals surface area (Å²) in [6.45, 7) is 6.09. The molecule has 0 amide bonds. The molecule has 0 aliphatic rings. The topological polar surface area (TPSA) is 21.3 Å². The Morgan fingerprint density at radius 3 is 2.65 bits per heavy atom. The molecule has 2 nitrogen and oxygen atoms in total. The van der Waals surface area contributed by atoms with Crippen LogP contribution >= 0.6 is 11.6 Å². The molecule has 20 heavy (non-hydrogen) atoms. The Bertz CT molecular complexity index is 556. The zero-order valence-corrected chi connectivity index (χ0v) is 12.9. The van der Waals surface area contributed by atoms with E-state index >= 15 is 0 Å². The lowest BCUT2D eigenvalue weighted by molar-refractivity contribution is 0.308. The molecule has 0 saturated carbocycles. The minimum absolute atomic E-state index is 0.575. The third-order valence-electron chi connectivity index (χ3n) is 3.51. The van der Waals surface area contributed by atoms with E-state index in [4.69, 9.17) is 16.3 Å². The summed E-state index contributed by atoms with van der Waals surface area (Å²) in [4.78, 5) is 0. The fraction of sp³-hybridized carbons (Fsp3) is 0.412. The minimum atomic E-state index is 0.575. The third-order valence-corrected chi connectivity index (χ3v) is 3.84. The molecule has 0 spiro atoms. The highest BCUT2D eigenvalue weighted by Crippen LogP contribution is 2.31. The number of hydrogen-bond donors (Lipinski definition) is 1. The molecule has 0 radical (unpaired) electrons. The average molecular weight is 292 g/mol. The summed E-state index contributed by atoms with van der Waals surface area (Å²) in [7, 11) is 0. The Morgan fingerprint density at radius 2 is 1.90 bits per heavy atom. The SMILES string of the molecule is CC[C@H](C)NCCCOc1ccc(Cl)c2ccccc12. The van der Waals surface area contributed by atoms with Gasteiger partial charge in [-0.15, -0.1) is 0 Å². The summed E-state index contributed by atoms with van der Waals surface area (Å²) in [6, 6.07) is 12.5. The van der Waals surface area contributed by atoms with Gasteiger partial charge in [0.05, 0.1) is 6.61 Å². The summed E-state index contributed by atoms with van der Waals surface area (Å²) >= 11 is 6.20. The van der Waals surface area contributed by atoms with Crippen molar-refractivity contribution in [1.29, 1.82) is 0 Å². The molecule has 3 heteroatoms. The molecular formula is C17H22ClNO. The summed E-state index contributed by atoms with van der Waals surface area (Å²) in [6.07, 6.45) is 2.16. The van der Waals surface area contributed by atoms with Crippen molar-refractivity contribution in [2.24, 2.45) is 0 Å². The van der Waals surface area contributed by atoms with Crippen LogP contribution in [0.4, 0.5) is 0 Å². The van der Waals surface area contributed by atoms with Crippen molar-refractivity contribution in [3.05, 3.63) is 41.4 Å². The maximum absolute atomic E-state index is 6.20. The molecule has 2 aromatic carbocycles. The predicted molar refractivity (Wildman–Crippen MR) is 86.8 cm³/mol. The largest absolute Gasteiger partial charge is 0.493 e. The van der Waals surface area contributed by atoms with Gasteiger partial charge in [0.1, 0.15) is 5.75 Å².